The second-order valence-corrected chi connectivity index (χ2v) is 3.50. The minimum absolute atomic E-state index is 0.166. The van der Waals surface area contributed by atoms with Crippen molar-refractivity contribution < 1.29 is 19.0 Å². The van der Waals surface area contributed by atoms with E-state index in [0.717, 1.165) is 26.1 Å². The van der Waals surface area contributed by atoms with E-state index in [1.165, 1.54) is 0 Å². The molecule has 0 bridgehead atoms. The van der Waals surface area contributed by atoms with Crippen molar-refractivity contribution in [1.29, 1.82) is 0 Å². The molecule has 1 rings (SSSR count). The molecule has 0 radical (unpaired) electrons. The Labute approximate surface area is 89.9 Å². The molecule has 0 aliphatic carbocycles. The highest BCUT2D eigenvalue weighted by Gasteiger charge is 2.19. The summed E-state index contributed by atoms with van der Waals surface area (Å²) < 4.78 is 15.5. The van der Waals surface area contributed by atoms with Crippen LogP contribution in [0.5, 0.6) is 0 Å². The summed E-state index contributed by atoms with van der Waals surface area (Å²) in [5, 5.41) is 0. The molecule has 1 aliphatic heterocycles. The summed E-state index contributed by atoms with van der Waals surface area (Å²) in [6.07, 6.45) is 1.91. The molecule has 0 aromatic heterocycles. The highest BCUT2D eigenvalue weighted by atomic mass is 16.5. The molecular weight excluding hydrogens is 198 g/mol. The number of hydrogen-bond acceptors (Lipinski definition) is 5. The highest BCUT2D eigenvalue weighted by molar-refractivity contribution is 5.75. The fourth-order valence-corrected chi connectivity index (χ4v) is 1.40. The lowest BCUT2D eigenvalue weighted by Crippen LogP contribution is -2.38. The largest absolute Gasteiger partial charge is 0.465 e. The summed E-state index contributed by atoms with van der Waals surface area (Å²) in [4.78, 5) is 11.2. The second-order valence-electron chi connectivity index (χ2n) is 3.50. The third-order valence-electron chi connectivity index (χ3n) is 2.27. The molecule has 1 aliphatic rings. The predicted molar refractivity (Wildman–Crippen MR) is 54.4 cm³/mol. The van der Waals surface area contributed by atoms with E-state index in [1.807, 2.05) is 0 Å². The maximum Gasteiger partial charge on any atom is 0.325 e. The van der Waals surface area contributed by atoms with Crippen LogP contribution in [0.4, 0.5) is 0 Å². The Morgan fingerprint density at radius 1 is 1.53 bits per heavy atom. The zero-order valence-electron chi connectivity index (χ0n) is 9.11. The van der Waals surface area contributed by atoms with Gasteiger partial charge in [-0.05, 0) is 19.8 Å². The van der Waals surface area contributed by atoms with Gasteiger partial charge in [0.25, 0.3) is 0 Å². The fraction of sp³-hybridized carbons (Fsp3) is 0.900. The van der Waals surface area contributed by atoms with Crippen LogP contribution in [0.3, 0.4) is 0 Å². The summed E-state index contributed by atoms with van der Waals surface area (Å²) in [5.74, 6) is -0.399. The predicted octanol–water partition coefficient (Wildman–Crippen LogP) is 0.0724. The van der Waals surface area contributed by atoms with Crippen molar-refractivity contribution in [3.8, 4) is 0 Å². The Bertz CT molecular complexity index is 192. The summed E-state index contributed by atoms with van der Waals surface area (Å²) in [6.45, 7) is 3.77. The first-order chi connectivity index (χ1) is 7.24. The topological polar surface area (TPSA) is 70.8 Å². The molecule has 5 heteroatoms. The highest BCUT2D eigenvalue weighted by Crippen LogP contribution is 2.10. The molecule has 1 heterocycles. The van der Waals surface area contributed by atoms with E-state index in [4.69, 9.17) is 19.9 Å². The molecule has 0 saturated carbocycles. The normalized spacial score (nSPS) is 19.9. The average molecular weight is 217 g/mol. The Balaban J connectivity index is 2.14. The van der Waals surface area contributed by atoms with Crippen molar-refractivity contribution in [3.63, 3.8) is 0 Å². The van der Waals surface area contributed by atoms with Crippen LogP contribution in [0.1, 0.15) is 19.8 Å². The van der Waals surface area contributed by atoms with Crippen molar-refractivity contribution in [2.75, 3.05) is 26.4 Å². The molecule has 0 aromatic carbocycles. The number of nitrogens with two attached hydrogens (primary N) is 1. The van der Waals surface area contributed by atoms with E-state index in [2.05, 4.69) is 0 Å². The number of carbonyl (C=O) groups excluding carboxylic acids is 1. The third-order valence-corrected chi connectivity index (χ3v) is 2.27. The van der Waals surface area contributed by atoms with Gasteiger partial charge in [0, 0.05) is 13.2 Å². The van der Waals surface area contributed by atoms with Crippen LogP contribution in [0.25, 0.3) is 0 Å². The van der Waals surface area contributed by atoms with Gasteiger partial charge in [0.2, 0.25) is 0 Å². The van der Waals surface area contributed by atoms with Crippen molar-refractivity contribution in [1.82, 2.24) is 0 Å². The quantitative estimate of drug-likeness (QED) is 0.660. The lowest BCUT2D eigenvalue weighted by Gasteiger charge is -2.23. The molecule has 0 aromatic rings. The average Bonchev–Trinajstić information content (AvgIpc) is 2.27. The van der Waals surface area contributed by atoms with Crippen LogP contribution in [-0.4, -0.2) is 44.5 Å². The first-order valence-electron chi connectivity index (χ1n) is 5.35. The van der Waals surface area contributed by atoms with Crippen LogP contribution >= 0.6 is 0 Å². The number of hydrogen-bond donors (Lipinski definition) is 1. The Kier molecular flexibility index (Phi) is 5.60. The number of ether oxygens (including phenoxy) is 3. The number of carbonyl (C=O) groups is 1. The first-order valence-corrected chi connectivity index (χ1v) is 5.35. The lowest BCUT2D eigenvalue weighted by atomic mass is 10.1. The summed E-state index contributed by atoms with van der Waals surface area (Å²) in [6, 6.07) is -0.673. The molecule has 1 fully saturated rings. The summed E-state index contributed by atoms with van der Waals surface area (Å²) >= 11 is 0. The van der Waals surface area contributed by atoms with Gasteiger partial charge in [-0.2, -0.15) is 0 Å². The minimum atomic E-state index is -0.673. The molecular formula is C10H19NO4. The molecule has 88 valence electrons. The van der Waals surface area contributed by atoms with E-state index in [9.17, 15) is 4.79 Å². The molecule has 0 amide bonds. The van der Waals surface area contributed by atoms with Crippen LogP contribution in [0.15, 0.2) is 0 Å². The second kappa shape index (κ2) is 6.76. The maximum atomic E-state index is 11.2. The minimum Gasteiger partial charge on any atom is -0.465 e. The Hall–Kier alpha value is -0.650. The van der Waals surface area contributed by atoms with E-state index < -0.39 is 12.0 Å². The van der Waals surface area contributed by atoms with Gasteiger partial charge in [0.05, 0.1) is 19.3 Å². The number of esters is 1. The molecule has 0 unspecified atom stereocenters. The molecule has 15 heavy (non-hydrogen) atoms. The van der Waals surface area contributed by atoms with Crippen molar-refractivity contribution >= 4 is 5.97 Å². The van der Waals surface area contributed by atoms with Gasteiger partial charge in [-0.1, -0.05) is 0 Å². The van der Waals surface area contributed by atoms with Crippen LogP contribution in [0.2, 0.25) is 0 Å². The van der Waals surface area contributed by atoms with Crippen molar-refractivity contribution in [3.05, 3.63) is 0 Å². The fourth-order valence-electron chi connectivity index (χ4n) is 1.40. The van der Waals surface area contributed by atoms with Crippen molar-refractivity contribution in [2.24, 2.45) is 5.73 Å². The van der Waals surface area contributed by atoms with E-state index in [-0.39, 0.29) is 12.7 Å². The zero-order chi connectivity index (χ0) is 11.1. The standard InChI is InChI=1S/C10H19NO4/c1-2-14-10(12)9(11)7-15-8-3-5-13-6-4-8/h8-9H,2-7,11H2,1H3/t9-/m0/s1. The van der Waals surface area contributed by atoms with Gasteiger partial charge in [-0.25, -0.2) is 0 Å². The van der Waals surface area contributed by atoms with Crippen LogP contribution in [0, 0.1) is 0 Å². The number of rotatable bonds is 5. The van der Waals surface area contributed by atoms with Gasteiger partial charge < -0.3 is 19.9 Å². The lowest BCUT2D eigenvalue weighted by molar-refractivity contribution is -0.147. The molecule has 2 N–H and O–H groups in total. The van der Waals surface area contributed by atoms with Gasteiger partial charge in [0.15, 0.2) is 0 Å². The molecule has 5 nitrogen and oxygen atoms in total. The van der Waals surface area contributed by atoms with Gasteiger partial charge in [-0.15, -0.1) is 0 Å². The third kappa shape index (κ3) is 4.59. The molecule has 1 saturated heterocycles. The summed E-state index contributed by atoms with van der Waals surface area (Å²) in [7, 11) is 0. The van der Waals surface area contributed by atoms with Gasteiger partial charge in [0.1, 0.15) is 6.04 Å². The zero-order valence-corrected chi connectivity index (χ0v) is 9.11. The molecule has 0 spiro atoms. The Morgan fingerprint density at radius 2 is 2.20 bits per heavy atom. The first kappa shape index (κ1) is 12.4. The van der Waals surface area contributed by atoms with Crippen molar-refractivity contribution in [2.45, 2.75) is 31.9 Å². The monoisotopic (exact) mass is 217 g/mol. The van der Waals surface area contributed by atoms with E-state index in [1.54, 1.807) is 6.92 Å². The van der Waals surface area contributed by atoms with E-state index >= 15 is 0 Å². The SMILES string of the molecule is CCOC(=O)[C@@H](N)COC1CCOCC1. The van der Waals surface area contributed by atoms with Gasteiger partial charge >= 0.3 is 5.97 Å². The maximum absolute atomic E-state index is 11.2. The Morgan fingerprint density at radius 3 is 2.80 bits per heavy atom. The van der Waals surface area contributed by atoms with Crippen LogP contribution < -0.4 is 5.73 Å². The molecule has 1 atom stereocenters. The smallest absolute Gasteiger partial charge is 0.325 e. The van der Waals surface area contributed by atoms with Crippen LogP contribution in [-0.2, 0) is 19.0 Å². The van der Waals surface area contributed by atoms with Gasteiger partial charge in [-0.3, -0.25) is 4.79 Å². The van der Waals surface area contributed by atoms with E-state index in [0.29, 0.717) is 6.61 Å². The summed E-state index contributed by atoms with van der Waals surface area (Å²) in [5.41, 5.74) is 5.59.